The molecular weight excluding hydrogens is 430 g/mol. The molecule has 6 nitrogen and oxygen atoms in total. The highest BCUT2D eigenvalue weighted by Crippen LogP contribution is 2.30. The number of carbonyl (C=O) groups is 1. The Labute approximate surface area is 191 Å². The van der Waals surface area contributed by atoms with Crippen LogP contribution in [0.1, 0.15) is 29.9 Å². The average molecular weight is 458 g/mol. The fraction of sp³-hybridized carbons (Fsp3) is 0.304. The van der Waals surface area contributed by atoms with Gasteiger partial charge in [0.05, 0.1) is 11.8 Å². The number of benzene rings is 2. The Morgan fingerprint density at radius 3 is 2.48 bits per heavy atom. The highest BCUT2D eigenvalue weighted by atomic mass is 32.2. The van der Waals surface area contributed by atoms with Gasteiger partial charge in [-0.05, 0) is 70.6 Å². The van der Waals surface area contributed by atoms with E-state index in [0.29, 0.717) is 27.9 Å². The van der Waals surface area contributed by atoms with E-state index < -0.39 is 0 Å². The van der Waals surface area contributed by atoms with Crippen LogP contribution in [0.3, 0.4) is 0 Å². The first kappa shape index (κ1) is 23.1. The number of thioether (sulfide) groups is 1. The summed E-state index contributed by atoms with van der Waals surface area (Å²) in [6.45, 7) is 4.60. The molecule has 0 aliphatic carbocycles. The van der Waals surface area contributed by atoms with Gasteiger partial charge in [-0.2, -0.15) is 0 Å². The topological polar surface area (TPSA) is 63.7 Å². The van der Waals surface area contributed by atoms with E-state index in [-0.39, 0.29) is 12.0 Å². The van der Waals surface area contributed by atoms with Gasteiger partial charge in [0.1, 0.15) is 17.2 Å². The van der Waals surface area contributed by atoms with Gasteiger partial charge < -0.3 is 14.4 Å². The van der Waals surface area contributed by atoms with Gasteiger partial charge in [-0.15, -0.1) is 23.1 Å². The van der Waals surface area contributed by atoms with Gasteiger partial charge in [-0.1, -0.05) is 0 Å². The third-order valence-electron chi connectivity index (χ3n) is 4.06. The molecule has 0 aliphatic rings. The number of carbonyl (C=O) groups excluding carboxylic acids is 1. The Hall–Kier alpha value is -2.55. The molecule has 0 saturated heterocycles. The predicted octanol–water partition coefficient (Wildman–Crippen LogP) is 5.76. The minimum Gasteiger partial charge on any atom is -0.491 e. The van der Waals surface area contributed by atoms with Crippen molar-refractivity contribution in [2.45, 2.75) is 31.4 Å². The van der Waals surface area contributed by atoms with E-state index >= 15 is 0 Å². The van der Waals surface area contributed by atoms with Crippen molar-refractivity contribution < 1.29 is 14.3 Å². The SMILES string of the molecule is CSc1ccc(Oc2cc(OC(C)C)cc(C(=O)Nc3nc(CN(C)C)cs3)c2)cc1. The van der Waals surface area contributed by atoms with Gasteiger partial charge in [0.25, 0.3) is 5.91 Å². The van der Waals surface area contributed by atoms with Crippen molar-refractivity contribution in [2.75, 3.05) is 25.7 Å². The van der Waals surface area contributed by atoms with Crippen molar-refractivity contribution in [3.05, 3.63) is 59.1 Å². The summed E-state index contributed by atoms with van der Waals surface area (Å²) in [5, 5.41) is 5.38. The quantitative estimate of drug-likeness (QED) is 0.412. The second-order valence-corrected chi connectivity index (χ2v) is 9.21. The molecule has 0 atom stereocenters. The van der Waals surface area contributed by atoms with Crippen LogP contribution in [0.2, 0.25) is 0 Å². The molecule has 0 saturated carbocycles. The molecule has 0 radical (unpaired) electrons. The molecule has 164 valence electrons. The molecule has 1 heterocycles. The highest BCUT2D eigenvalue weighted by molar-refractivity contribution is 7.98. The number of amides is 1. The maximum Gasteiger partial charge on any atom is 0.257 e. The smallest absolute Gasteiger partial charge is 0.257 e. The summed E-state index contributed by atoms with van der Waals surface area (Å²) in [7, 11) is 3.96. The zero-order chi connectivity index (χ0) is 22.4. The monoisotopic (exact) mass is 457 g/mol. The van der Waals surface area contributed by atoms with Crippen molar-refractivity contribution in [3.63, 3.8) is 0 Å². The fourth-order valence-corrected chi connectivity index (χ4v) is 3.92. The van der Waals surface area contributed by atoms with Crippen LogP contribution in [0, 0.1) is 0 Å². The fourth-order valence-electron chi connectivity index (χ4n) is 2.81. The number of nitrogens with one attached hydrogen (secondary N) is 1. The standard InChI is InChI=1S/C23H27N3O3S2/c1-15(2)28-19-10-16(22(27)25-23-24-17(14-31-23)13-26(3)4)11-20(12-19)29-18-6-8-21(30-5)9-7-18/h6-12,14-15H,13H2,1-5H3,(H,24,25,27). The van der Waals surface area contributed by atoms with Crippen LogP contribution in [-0.4, -0.2) is 42.2 Å². The van der Waals surface area contributed by atoms with Crippen molar-refractivity contribution in [2.24, 2.45) is 0 Å². The van der Waals surface area contributed by atoms with Gasteiger partial charge in [0.15, 0.2) is 5.13 Å². The minimum atomic E-state index is -0.262. The summed E-state index contributed by atoms with van der Waals surface area (Å²) >= 11 is 3.07. The van der Waals surface area contributed by atoms with Crippen molar-refractivity contribution in [1.82, 2.24) is 9.88 Å². The largest absolute Gasteiger partial charge is 0.491 e. The molecule has 0 unspecified atom stereocenters. The summed E-state index contributed by atoms with van der Waals surface area (Å²) in [4.78, 5) is 20.6. The second kappa shape index (κ2) is 10.7. The molecule has 0 spiro atoms. The van der Waals surface area contributed by atoms with Crippen molar-refractivity contribution in [3.8, 4) is 17.2 Å². The van der Waals surface area contributed by atoms with E-state index in [4.69, 9.17) is 9.47 Å². The third kappa shape index (κ3) is 6.99. The van der Waals surface area contributed by atoms with Crippen LogP contribution in [-0.2, 0) is 6.54 Å². The van der Waals surface area contributed by atoms with E-state index in [1.165, 1.54) is 11.3 Å². The molecule has 1 N–H and O–H groups in total. The van der Waals surface area contributed by atoms with E-state index in [1.54, 1.807) is 30.0 Å². The van der Waals surface area contributed by atoms with Gasteiger partial charge >= 0.3 is 0 Å². The molecule has 8 heteroatoms. The van der Waals surface area contributed by atoms with Crippen LogP contribution in [0.5, 0.6) is 17.2 Å². The lowest BCUT2D eigenvalue weighted by atomic mass is 10.2. The Balaban J connectivity index is 1.81. The van der Waals surface area contributed by atoms with Crippen LogP contribution >= 0.6 is 23.1 Å². The van der Waals surface area contributed by atoms with Crippen LogP contribution in [0.4, 0.5) is 5.13 Å². The molecule has 1 aromatic heterocycles. The van der Waals surface area contributed by atoms with Crippen LogP contribution in [0.15, 0.2) is 52.7 Å². The molecule has 1 amide bonds. The van der Waals surface area contributed by atoms with Gasteiger partial charge in [0.2, 0.25) is 0 Å². The number of hydrogen-bond acceptors (Lipinski definition) is 7. The molecule has 31 heavy (non-hydrogen) atoms. The van der Waals surface area contributed by atoms with E-state index in [1.807, 2.05) is 68.7 Å². The van der Waals surface area contributed by atoms with Gasteiger partial charge in [0, 0.05) is 28.5 Å². The molecule has 0 aliphatic heterocycles. The summed E-state index contributed by atoms with van der Waals surface area (Å²) in [6, 6.07) is 13.0. The van der Waals surface area contributed by atoms with E-state index in [2.05, 4.69) is 10.3 Å². The Bertz CT molecular complexity index is 1020. The Morgan fingerprint density at radius 1 is 1.13 bits per heavy atom. The second-order valence-electron chi connectivity index (χ2n) is 7.47. The maximum atomic E-state index is 12.9. The number of anilines is 1. The Morgan fingerprint density at radius 2 is 1.84 bits per heavy atom. The number of nitrogens with zero attached hydrogens (tertiary/aromatic N) is 2. The molecule has 3 rings (SSSR count). The lowest BCUT2D eigenvalue weighted by Gasteiger charge is -2.14. The lowest BCUT2D eigenvalue weighted by molar-refractivity contribution is 0.102. The molecule has 2 aromatic carbocycles. The number of rotatable bonds is 9. The number of ether oxygens (including phenoxy) is 2. The zero-order valence-corrected chi connectivity index (χ0v) is 20.0. The van der Waals surface area contributed by atoms with Crippen molar-refractivity contribution in [1.29, 1.82) is 0 Å². The molecule has 3 aromatic rings. The zero-order valence-electron chi connectivity index (χ0n) is 18.3. The normalized spacial score (nSPS) is 11.1. The van der Waals surface area contributed by atoms with E-state index in [9.17, 15) is 4.79 Å². The first-order chi connectivity index (χ1) is 14.8. The summed E-state index contributed by atoms with van der Waals surface area (Å²) < 4.78 is 11.8. The summed E-state index contributed by atoms with van der Waals surface area (Å²) in [6.07, 6.45) is 2.00. The number of hydrogen-bond donors (Lipinski definition) is 1. The average Bonchev–Trinajstić information content (AvgIpc) is 3.13. The highest BCUT2D eigenvalue weighted by Gasteiger charge is 2.14. The maximum absolute atomic E-state index is 12.9. The minimum absolute atomic E-state index is 0.0282. The number of thiazole rings is 1. The van der Waals surface area contributed by atoms with Crippen LogP contribution in [0.25, 0.3) is 0 Å². The molecule has 0 bridgehead atoms. The van der Waals surface area contributed by atoms with E-state index in [0.717, 1.165) is 17.1 Å². The van der Waals surface area contributed by atoms with Crippen molar-refractivity contribution >= 4 is 34.1 Å². The number of aromatic nitrogens is 1. The summed E-state index contributed by atoms with van der Waals surface area (Å²) in [5.41, 5.74) is 1.36. The predicted molar refractivity (Wildman–Crippen MR) is 128 cm³/mol. The summed E-state index contributed by atoms with van der Waals surface area (Å²) in [5.74, 6) is 1.54. The molecule has 0 fully saturated rings. The first-order valence-corrected chi connectivity index (χ1v) is 12.0. The van der Waals surface area contributed by atoms with Crippen LogP contribution < -0.4 is 14.8 Å². The van der Waals surface area contributed by atoms with Gasteiger partial charge in [-0.25, -0.2) is 4.98 Å². The van der Waals surface area contributed by atoms with Gasteiger partial charge in [-0.3, -0.25) is 10.1 Å². The lowest BCUT2D eigenvalue weighted by Crippen LogP contribution is -2.14. The third-order valence-corrected chi connectivity index (χ3v) is 5.61. The molecular formula is C23H27N3O3S2. The Kier molecular flexibility index (Phi) is 7.95. The first-order valence-electron chi connectivity index (χ1n) is 9.86.